The Labute approximate surface area is 158 Å². The second-order valence-corrected chi connectivity index (χ2v) is 7.08. The molecule has 7 heteroatoms. The summed E-state index contributed by atoms with van der Waals surface area (Å²) in [5, 5.41) is 2.83. The van der Waals surface area contributed by atoms with E-state index >= 15 is 0 Å². The number of likely N-dealkylation sites (N-methyl/N-ethyl adjacent to an activating group) is 1. The van der Waals surface area contributed by atoms with Gasteiger partial charge in [-0.15, -0.1) is 0 Å². The molecule has 0 saturated carbocycles. The SMILES string of the molecule is Cc1ccn(C(C)CN(C)C)c(=O)c1C(=O)NCc1cn2ccccc2n1. The molecule has 0 aliphatic carbocycles. The fraction of sp³-hybridized carbons (Fsp3) is 0.350. The topological polar surface area (TPSA) is 71.6 Å². The van der Waals surface area contributed by atoms with Crippen molar-refractivity contribution in [3.63, 3.8) is 0 Å². The predicted octanol–water partition coefficient (Wildman–Crippen LogP) is 1.86. The first-order chi connectivity index (χ1) is 12.9. The second-order valence-electron chi connectivity index (χ2n) is 7.08. The Morgan fingerprint density at radius 2 is 2.04 bits per heavy atom. The number of carbonyl (C=O) groups excluding carboxylic acids is 1. The normalized spacial score (nSPS) is 12.5. The summed E-state index contributed by atoms with van der Waals surface area (Å²) < 4.78 is 3.51. The van der Waals surface area contributed by atoms with Crippen LogP contribution in [0.25, 0.3) is 5.65 Å². The van der Waals surface area contributed by atoms with Crippen molar-refractivity contribution in [2.75, 3.05) is 20.6 Å². The molecular formula is C20H25N5O2. The number of rotatable bonds is 6. The van der Waals surface area contributed by atoms with E-state index in [-0.39, 0.29) is 29.6 Å². The first kappa shape index (κ1) is 18.8. The van der Waals surface area contributed by atoms with Gasteiger partial charge in [-0.05, 0) is 51.7 Å². The van der Waals surface area contributed by atoms with Crippen LogP contribution in [0.1, 0.15) is 34.6 Å². The average Bonchev–Trinajstić information content (AvgIpc) is 3.02. The number of nitrogens with one attached hydrogen (secondary N) is 1. The Morgan fingerprint density at radius 1 is 1.26 bits per heavy atom. The zero-order chi connectivity index (χ0) is 19.6. The molecule has 1 atom stereocenters. The van der Waals surface area contributed by atoms with Crippen molar-refractivity contribution in [3.8, 4) is 0 Å². The van der Waals surface area contributed by atoms with E-state index in [0.717, 1.165) is 11.3 Å². The molecule has 27 heavy (non-hydrogen) atoms. The quantitative estimate of drug-likeness (QED) is 0.722. The largest absolute Gasteiger partial charge is 0.346 e. The number of pyridine rings is 2. The second kappa shape index (κ2) is 7.75. The third-order valence-electron chi connectivity index (χ3n) is 4.50. The van der Waals surface area contributed by atoms with Gasteiger partial charge in [0.15, 0.2) is 0 Å². The maximum absolute atomic E-state index is 12.9. The number of nitrogens with zero attached hydrogens (tertiary/aromatic N) is 4. The summed E-state index contributed by atoms with van der Waals surface area (Å²) in [6.07, 6.45) is 5.52. The zero-order valence-electron chi connectivity index (χ0n) is 16.1. The van der Waals surface area contributed by atoms with E-state index in [9.17, 15) is 9.59 Å². The van der Waals surface area contributed by atoms with Crippen molar-refractivity contribution in [1.29, 1.82) is 0 Å². The lowest BCUT2D eigenvalue weighted by atomic mass is 10.1. The Morgan fingerprint density at radius 3 is 2.74 bits per heavy atom. The highest BCUT2D eigenvalue weighted by Gasteiger charge is 2.18. The lowest BCUT2D eigenvalue weighted by molar-refractivity contribution is 0.0947. The fourth-order valence-corrected chi connectivity index (χ4v) is 3.21. The van der Waals surface area contributed by atoms with Gasteiger partial charge in [0.2, 0.25) is 0 Å². The number of amides is 1. The third kappa shape index (κ3) is 4.09. The first-order valence-corrected chi connectivity index (χ1v) is 8.94. The van der Waals surface area contributed by atoms with Crippen LogP contribution in [0.3, 0.4) is 0 Å². The molecule has 1 amide bonds. The highest BCUT2D eigenvalue weighted by molar-refractivity contribution is 5.95. The zero-order valence-corrected chi connectivity index (χ0v) is 16.1. The molecule has 0 aliphatic rings. The standard InChI is InChI=1S/C20H25N5O2/c1-14-8-10-25(15(2)12-23(3)4)20(27)18(14)19(26)21-11-16-13-24-9-6-5-7-17(24)22-16/h5-10,13,15H,11-12H2,1-4H3,(H,21,26). The Bertz CT molecular complexity index is 986. The summed E-state index contributed by atoms with van der Waals surface area (Å²) in [7, 11) is 3.91. The fourth-order valence-electron chi connectivity index (χ4n) is 3.21. The minimum absolute atomic E-state index is 0.0295. The summed E-state index contributed by atoms with van der Waals surface area (Å²) >= 11 is 0. The minimum Gasteiger partial charge on any atom is -0.346 e. The van der Waals surface area contributed by atoms with Crippen molar-refractivity contribution in [2.24, 2.45) is 0 Å². The molecule has 0 bridgehead atoms. The van der Waals surface area contributed by atoms with Crippen LogP contribution in [-0.4, -0.2) is 45.4 Å². The van der Waals surface area contributed by atoms with Gasteiger partial charge in [0, 0.05) is 31.2 Å². The molecule has 0 saturated heterocycles. The molecular weight excluding hydrogens is 342 g/mol. The summed E-state index contributed by atoms with van der Waals surface area (Å²) in [5.74, 6) is -0.374. The lowest BCUT2D eigenvalue weighted by Gasteiger charge is -2.20. The minimum atomic E-state index is -0.374. The number of aromatic nitrogens is 3. The molecule has 0 radical (unpaired) electrons. The first-order valence-electron chi connectivity index (χ1n) is 8.94. The molecule has 3 aromatic heterocycles. The molecule has 3 heterocycles. The van der Waals surface area contributed by atoms with Crippen LogP contribution < -0.4 is 10.9 Å². The van der Waals surface area contributed by atoms with E-state index in [1.54, 1.807) is 17.7 Å². The van der Waals surface area contributed by atoms with Gasteiger partial charge in [-0.3, -0.25) is 9.59 Å². The van der Waals surface area contributed by atoms with E-state index in [0.29, 0.717) is 12.1 Å². The van der Waals surface area contributed by atoms with Crippen LogP contribution >= 0.6 is 0 Å². The third-order valence-corrected chi connectivity index (χ3v) is 4.50. The van der Waals surface area contributed by atoms with Crippen molar-refractivity contribution in [3.05, 3.63) is 70.0 Å². The van der Waals surface area contributed by atoms with Gasteiger partial charge >= 0.3 is 0 Å². The monoisotopic (exact) mass is 367 g/mol. The molecule has 7 nitrogen and oxygen atoms in total. The van der Waals surface area contributed by atoms with Crippen LogP contribution in [0.2, 0.25) is 0 Å². The summed E-state index contributed by atoms with van der Waals surface area (Å²) in [6, 6.07) is 7.51. The highest BCUT2D eigenvalue weighted by atomic mass is 16.2. The number of hydrogen-bond donors (Lipinski definition) is 1. The molecule has 0 aliphatic heterocycles. The van der Waals surface area contributed by atoms with Crippen LogP contribution in [0, 0.1) is 6.92 Å². The smallest absolute Gasteiger partial charge is 0.263 e. The molecule has 0 spiro atoms. The molecule has 0 aromatic carbocycles. The van der Waals surface area contributed by atoms with Gasteiger partial charge in [-0.2, -0.15) is 0 Å². The van der Waals surface area contributed by atoms with Gasteiger partial charge in [0.05, 0.1) is 12.2 Å². The maximum atomic E-state index is 12.9. The summed E-state index contributed by atoms with van der Waals surface area (Å²) in [4.78, 5) is 32.0. The number of aryl methyl sites for hydroxylation is 1. The molecule has 3 rings (SSSR count). The van der Waals surface area contributed by atoms with Crippen LogP contribution in [0.15, 0.2) is 47.7 Å². The number of hydrogen-bond acceptors (Lipinski definition) is 4. The van der Waals surface area contributed by atoms with Gasteiger partial charge in [-0.1, -0.05) is 6.07 Å². The average molecular weight is 367 g/mol. The number of imidazole rings is 1. The highest BCUT2D eigenvalue weighted by Crippen LogP contribution is 2.09. The van der Waals surface area contributed by atoms with E-state index in [1.807, 2.05) is 67.0 Å². The molecule has 1 unspecified atom stereocenters. The molecule has 0 fully saturated rings. The van der Waals surface area contributed by atoms with Crippen molar-refractivity contribution in [2.45, 2.75) is 26.4 Å². The van der Waals surface area contributed by atoms with Crippen molar-refractivity contribution >= 4 is 11.6 Å². The number of fused-ring (bicyclic) bond motifs is 1. The molecule has 3 aromatic rings. The summed E-state index contributed by atoms with van der Waals surface area (Å²) in [6.45, 7) is 4.73. The Kier molecular flexibility index (Phi) is 5.41. The lowest BCUT2D eigenvalue weighted by Crippen LogP contribution is -2.36. The van der Waals surface area contributed by atoms with Crippen molar-refractivity contribution in [1.82, 2.24) is 24.2 Å². The van der Waals surface area contributed by atoms with Gasteiger partial charge < -0.3 is 19.2 Å². The van der Waals surface area contributed by atoms with Crippen LogP contribution in [-0.2, 0) is 6.54 Å². The Hall–Kier alpha value is -2.93. The van der Waals surface area contributed by atoms with Crippen LogP contribution in [0.4, 0.5) is 0 Å². The van der Waals surface area contributed by atoms with Gasteiger partial charge in [0.1, 0.15) is 11.2 Å². The van der Waals surface area contributed by atoms with Crippen molar-refractivity contribution < 1.29 is 4.79 Å². The van der Waals surface area contributed by atoms with E-state index in [1.165, 1.54) is 0 Å². The van der Waals surface area contributed by atoms with Gasteiger partial charge in [0.25, 0.3) is 11.5 Å². The van der Waals surface area contributed by atoms with E-state index in [4.69, 9.17) is 0 Å². The molecule has 1 N–H and O–H groups in total. The summed E-state index contributed by atoms with van der Waals surface area (Å²) in [5.41, 5.74) is 2.14. The predicted molar refractivity (Wildman–Crippen MR) is 105 cm³/mol. The number of carbonyl (C=O) groups is 1. The van der Waals surface area contributed by atoms with E-state index < -0.39 is 0 Å². The van der Waals surface area contributed by atoms with E-state index in [2.05, 4.69) is 10.3 Å². The molecule has 142 valence electrons. The maximum Gasteiger partial charge on any atom is 0.263 e. The Balaban J connectivity index is 1.80. The van der Waals surface area contributed by atoms with Crippen LogP contribution in [0.5, 0.6) is 0 Å². The van der Waals surface area contributed by atoms with Gasteiger partial charge in [-0.25, -0.2) is 4.98 Å².